The molecule has 0 saturated heterocycles. The molecule has 1 amide bonds. The van der Waals surface area contributed by atoms with Gasteiger partial charge in [0.05, 0.1) is 13.4 Å². The number of hydrogen-bond donors (Lipinski definition) is 1. The smallest absolute Gasteiger partial charge is 0.234 e. The van der Waals surface area contributed by atoms with Crippen molar-refractivity contribution in [2.45, 2.75) is 25.9 Å². The van der Waals surface area contributed by atoms with Crippen molar-refractivity contribution < 1.29 is 22.7 Å². The Bertz CT molecular complexity index is 829. The Kier molecular flexibility index (Phi) is 6.63. The molecule has 0 aliphatic rings. The molecule has 0 spiro atoms. The predicted molar refractivity (Wildman–Crippen MR) is 99.8 cm³/mol. The van der Waals surface area contributed by atoms with Crippen molar-refractivity contribution in [2.75, 3.05) is 13.4 Å². The van der Waals surface area contributed by atoms with Crippen molar-refractivity contribution in [3.05, 3.63) is 59.7 Å². The number of carbonyl (C=O) groups excluding carboxylic acids is 1. The van der Waals surface area contributed by atoms with E-state index in [-0.39, 0.29) is 12.3 Å². The topological polar surface area (TPSA) is 81.7 Å². The summed E-state index contributed by atoms with van der Waals surface area (Å²) in [6, 6.07) is 15.1. The van der Waals surface area contributed by atoms with E-state index in [9.17, 15) is 13.2 Å². The van der Waals surface area contributed by atoms with Crippen LogP contribution in [-0.4, -0.2) is 27.7 Å². The number of methoxy groups -OCH3 is 1. The second kappa shape index (κ2) is 8.71. The molecule has 1 N–H and O–H groups in total. The summed E-state index contributed by atoms with van der Waals surface area (Å²) in [5.74, 6) is 0.900. The van der Waals surface area contributed by atoms with Gasteiger partial charge in [-0.2, -0.15) is 0 Å². The maximum Gasteiger partial charge on any atom is 0.234 e. The third kappa shape index (κ3) is 6.40. The van der Waals surface area contributed by atoms with Gasteiger partial charge in [-0.3, -0.25) is 9.52 Å². The van der Waals surface area contributed by atoms with E-state index in [0.717, 1.165) is 28.9 Å². The highest BCUT2D eigenvalue weighted by atomic mass is 32.2. The molecule has 26 heavy (non-hydrogen) atoms. The fraction of sp³-hybridized carbons (Fsp3) is 0.316. The van der Waals surface area contributed by atoms with Crippen LogP contribution in [0.4, 0.5) is 0 Å². The maximum atomic E-state index is 11.7. The highest BCUT2D eigenvalue weighted by Gasteiger charge is 2.14. The molecule has 7 heteroatoms. The average molecular weight is 377 g/mol. The maximum absolute atomic E-state index is 11.7. The minimum absolute atomic E-state index is 0.0964. The van der Waals surface area contributed by atoms with Crippen LogP contribution in [-0.2, 0) is 21.4 Å². The van der Waals surface area contributed by atoms with Crippen molar-refractivity contribution in [1.82, 2.24) is 4.72 Å². The zero-order valence-corrected chi connectivity index (χ0v) is 15.9. The summed E-state index contributed by atoms with van der Waals surface area (Å²) in [6.07, 6.45) is 1.06. The molecule has 6 nitrogen and oxygen atoms in total. The number of hydrogen-bond acceptors (Lipinski definition) is 5. The Morgan fingerprint density at radius 1 is 1.04 bits per heavy atom. The van der Waals surface area contributed by atoms with Crippen molar-refractivity contribution in [3.63, 3.8) is 0 Å². The summed E-state index contributed by atoms with van der Waals surface area (Å²) in [5, 5.41) is 0. The Morgan fingerprint density at radius 3 is 2.15 bits per heavy atom. The third-order valence-corrected chi connectivity index (χ3v) is 4.40. The minimum Gasteiger partial charge on any atom is -0.497 e. The van der Waals surface area contributed by atoms with E-state index in [1.807, 2.05) is 60.2 Å². The lowest BCUT2D eigenvalue weighted by Gasteiger charge is -2.13. The molecule has 0 saturated carbocycles. The SMILES string of the molecule is COc1ccc(COc2ccc(C(C)CC(=O)NS(C)(=O)=O)cc2)cc1. The summed E-state index contributed by atoms with van der Waals surface area (Å²) in [6.45, 7) is 2.31. The Morgan fingerprint density at radius 2 is 1.62 bits per heavy atom. The molecular weight excluding hydrogens is 354 g/mol. The van der Waals surface area contributed by atoms with E-state index in [2.05, 4.69) is 0 Å². The van der Waals surface area contributed by atoms with Crippen LogP contribution >= 0.6 is 0 Å². The van der Waals surface area contributed by atoms with Gasteiger partial charge >= 0.3 is 0 Å². The van der Waals surface area contributed by atoms with Gasteiger partial charge < -0.3 is 9.47 Å². The van der Waals surface area contributed by atoms with Gasteiger partial charge in [0.25, 0.3) is 0 Å². The molecule has 0 bridgehead atoms. The first-order valence-corrected chi connectivity index (χ1v) is 10.0. The van der Waals surface area contributed by atoms with Crippen LogP contribution in [0.25, 0.3) is 0 Å². The standard InChI is InChI=1S/C19H23NO5S/c1-14(12-19(21)20-26(3,22)23)16-6-10-18(11-7-16)25-13-15-4-8-17(24-2)9-5-15/h4-11,14H,12-13H2,1-3H3,(H,20,21). The van der Waals surface area contributed by atoms with Crippen LogP contribution in [0.5, 0.6) is 11.5 Å². The minimum atomic E-state index is -3.52. The van der Waals surface area contributed by atoms with Crippen LogP contribution in [0, 0.1) is 0 Å². The van der Waals surface area contributed by atoms with Gasteiger partial charge in [-0.1, -0.05) is 31.2 Å². The van der Waals surface area contributed by atoms with Crippen LogP contribution in [0.2, 0.25) is 0 Å². The first-order valence-electron chi connectivity index (χ1n) is 8.13. The zero-order valence-electron chi connectivity index (χ0n) is 15.1. The van der Waals surface area contributed by atoms with Crippen molar-refractivity contribution in [3.8, 4) is 11.5 Å². The van der Waals surface area contributed by atoms with Crippen LogP contribution in [0.15, 0.2) is 48.5 Å². The van der Waals surface area contributed by atoms with E-state index in [0.29, 0.717) is 6.61 Å². The number of nitrogens with one attached hydrogen (secondary N) is 1. The van der Waals surface area contributed by atoms with Gasteiger partial charge in [-0.15, -0.1) is 0 Å². The first-order chi connectivity index (χ1) is 12.3. The molecule has 1 unspecified atom stereocenters. The summed E-state index contributed by atoms with van der Waals surface area (Å²) < 4.78 is 35.0. The van der Waals surface area contributed by atoms with E-state index >= 15 is 0 Å². The Hall–Kier alpha value is -2.54. The molecule has 140 valence electrons. The molecule has 0 fully saturated rings. The van der Waals surface area contributed by atoms with E-state index in [1.165, 1.54) is 0 Å². The number of benzene rings is 2. The third-order valence-electron chi connectivity index (χ3n) is 3.80. The number of ether oxygens (including phenoxy) is 2. The molecule has 2 aromatic carbocycles. The lowest BCUT2D eigenvalue weighted by Crippen LogP contribution is -2.30. The van der Waals surface area contributed by atoms with Gasteiger partial charge in [-0.25, -0.2) is 8.42 Å². The quantitative estimate of drug-likeness (QED) is 0.765. The first kappa shape index (κ1) is 19.8. The van der Waals surface area contributed by atoms with E-state index in [4.69, 9.17) is 9.47 Å². The second-order valence-electron chi connectivity index (χ2n) is 6.11. The van der Waals surface area contributed by atoms with Crippen molar-refractivity contribution >= 4 is 15.9 Å². The van der Waals surface area contributed by atoms with Gasteiger partial charge in [0.1, 0.15) is 18.1 Å². The number of carbonyl (C=O) groups is 1. The van der Waals surface area contributed by atoms with Crippen LogP contribution in [0.3, 0.4) is 0 Å². The fourth-order valence-electron chi connectivity index (χ4n) is 2.43. The van der Waals surface area contributed by atoms with Gasteiger partial charge in [-0.05, 0) is 41.3 Å². The highest BCUT2D eigenvalue weighted by Crippen LogP contribution is 2.23. The summed E-state index contributed by atoms with van der Waals surface area (Å²) in [5.41, 5.74) is 1.96. The van der Waals surface area contributed by atoms with Crippen LogP contribution < -0.4 is 14.2 Å². The Balaban J connectivity index is 1.89. The van der Waals surface area contributed by atoms with Crippen molar-refractivity contribution in [2.24, 2.45) is 0 Å². The zero-order chi connectivity index (χ0) is 19.2. The number of rotatable bonds is 8. The lowest BCUT2D eigenvalue weighted by molar-refractivity contribution is -0.119. The molecule has 2 aromatic rings. The van der Waals surface area contributed by atoms with Crippen LogP contribution in [0.1, 0.15) is 30.4 Å². The summed E-state index contributed by atoms with van der Waals surface area (Å²) >= 11 is 0. The largest absolute Gasteiger partial charge is 0.497 e. The highest BCUT2D eigenvalue weighted by molar-refractivity contribution is 7.89. The molecule has 0 aliphatic heterocycles. The monoisotopic (exact) mass is 377 g/mol. The second-order valence-corrected chi connectivity index (χ2v) is 7.86. The molecular formula is C19H23NO5S. The summed E-state index contributed by atoms with van der Waals surface area (Å²) in [7, 11) is -1.90. The van der Waals surface area contributed by atoms with E-state index in [1.54, 1.807) is 7.11 Å². The molecule has 2 rings (SSSR count). The number of sulfonamides is 1. The van der Waals surface area contributed by atoms with Gasteiger partial charge in [0.2, 0.25) is 15.9 Å². The Labute approximate surface area is 154 Å². The molecule has 1 atom stereocenters. The molecule has 0 radical (unpaired) electrons. The fourth-order valence-corrected chi connectivity index (χ4v) is 2.92. The average Bonchev–Trinajstić information content (AvgIpc) is 2.59. The molecule has 0 aliphatic carbocycles. The predicted octanol–water partition coefficient (Wildman–Crippen LogP) is 2.84. The normalized spacial score (nSPS) is 12.3. The van der Waals surface area contributed by atoms with E-state index < -0.39 is 15.9 Å². The van der Waals surface area contributed by atoms with Gasteiger partial charge in [0, 0.05) is 6.42 Å². The van der Waals surface area contributed by atoms with Crippen molar-refractivity contribution in [1.29, 1.82) is 0 Å². The summed E-state index contributed by atoms with van der Waals surface area (Å²) in [4.78, 5) is 11.7. The molecule has 0 heterocycles. The van der Waals surface area contributed by atoms with Gasteiger partial charge in [0.15, 0.2) is 0 Å². The number of amides is 1. The molecule has 0 aromatic heterocycles. The lowest BCUT2D eigenvalue weighted by atomic mass is 9.97.